The molecule has 7 rings (SSSR count). The van der Waals surface area contributed by atoms with Crippen molar-refractivity contribution < 1.29 is 4.42 Å². The first-order valence-corrected chi connectivity index (χ1v) is 10.4. The molecule has 0 aliphatic heterocycles. The molecule has 150 valence electrons. The van der Waals surface area contributed by atoms with Gasteiger partial charge < -0.3 is 8.98 Å². The highest BCUT2D eigenvalue weighted by atomic mass is 16.3. The van der Waals surface area contributed by atoms with E-state index >= 15 is 0 Å². The molecule has 32 heavy (non-hydrogen) atoms. The second-order valence-electron chi connectivity index (χ2n) is 7.80. The van der Waals surface area contributed by atoms with Crippen LogP contribution >= 0.6 is 0 Å². The molecule has 5 heteroatoms. The summed E-state index contributed by atoms with van der Waals surface area (Å²) in [5.74, 6) is 0.659. The number of aromatic nitrogens is 4. The van der Waals surface area contributed by atoms with Gasteiger partial charge >= 0.3 is 0 Å². The maximum Gasteiger partial charge on any atom is 0.162 e. The largest absolute Gasteiger partial charge is 0.456 e. The first kappa shape index (κ1) is 17.2. The second-order valence-corrected chi connectivity index (χ2v) is 7.80. The Morgan fingerprint density at radius 3 is 2.28 bits per heavy atom. The van der Waals surface area contributed by atoms with E-state index in [0.29, 0.717) is 5.82 Å². The van der Waals surface area contributed by atoms with Crippen molar-refractivity contribution in [3.05, 3.63) is 97.6 Å². The van der Waals surface area contributed by atoms with Gasteiger partial charge in [-0.3, -0.25) is 0 Å². The second kappa shape index (κ2) is 6.49. The van der Waals surface area contributed by atoms with Crippen LogP contribution in [0.3, 0.4) is 0 Å². The predicted octanol–water partition coefficient (Wildman–Crippen LogP) is 6.54. The molecule has 0 radical (unpaired) electrons. The molecule has 3 aromatic heterocycles. The Labute approximate surface area is 182 Å². The summed E-state index contributed by atoms with van der Waals surface area (Å²) in [6, 6.07) is 29.3. The van der Waals surface area contributed by atoms with Gasteiger partial charge in [-0.25, -0.2) is 15.0 Å². The standard InChI is InChI=1S/C27H16N4O/c1-2-6-18(7-3-1)31-21-11-10-17(27-29-15-28-16-30-27)14-20(21)25-22(31)12-13-24-26(25)19-8-4-5-9-23(19)32-24/h1-16H. The van der Waals surface area contributed by atoms with Crippen LogP contribution in [0.25, 0.3) is 60.8 Å². The number of furan rings is 1. The lowest BCUT2D eigenvalue weighted by molar-refractivity contribution is 0.669. The molecule has 0 saturated carbocycles. The Bertz CT molecular complexity index is 1770. The van der Waals surface area contributed by atoms with Crippen LogP contribution in [-0.2, 0) is 0 Å². The van der Waals surface area contributed by atoms with Crippen molar-refractivity contribution in [2.75, 3.05) is 0 Å². The minimum absolute atomic E-state index is 0.659. The van der Waals surface area contributed by atoms with E-state index in [9.17, 15) is 0 Å². The van der Waals surface area contributed by atoms with E-state index in [1.165, 1.54) is 18.0 Å². The van der Waals surface area contributed by atoms with Crippen LogP contribution in [0.15, 0.2) is 102 Å². The van der Waals surface area contributed by atoms with E-state index in [2.05, 4.69) is 86.2 Å². The maximum atomic E-state index is 6.20. The van der Waals surface area contributed by atoms with E-state index in [1.807, 2.05) is 18.2 Å². The van der Waals surface area contributed by atoms with E-state index < -0.39 is 0 Å². The molecule has 3 heterocycles. The average Bonchev–Trinajstić information content (AvgIpc) is 3.40. The molecule has 5 nitrogen and oxygen atoms in total. The van der Waals surface area contributed by atoms with E-state index in [1.54, 1.807) is 0 Å². The van der Waals surface area contributed by atoms with Gasteiger partial charge in [0.2, 0.25) is 0 Å². The van der Waals surface area contributed by atoms with Crippen LogP contribution in [0, 0.1) is 0 Å². The summed E-state index contributed by atoms with van der Waals surface area (Å²) in [6.45, 7) is 0. The summed E-state index contributed by atoms with van der Waals surface area (Å²) < 4.78 is 8.51. The van der Waals surface area contributed by atoms with Crippen molar-refractivity contribution in [2.45, 2.75) is 0 Å². The summed E-state index contributed by atoms with van der Waals surface area (Å²) in [6.07, 6.45) is 3.06. The first-order valence-electron chi connectivity index (χ1n) is 10.4. The Morgan fingerprint density at radius 1 is 0.625 bits per heavy atom. The predicted molar refractivity (Wildman–Crippen MR) is 127 cm³/mol. The zero-order valence-electron chi connectivity index (χ0n) is 16.9. The smallest absolute Gasteiger partial charge is 0.162 e. The van der Waals surface area contributed by atoms with Crippen molar-refractivity contribution >= 4 is 43.7 Å². The topological polar surface area (TPSA) is 56.7 Å². The zero-order chi connectivity index (χ0) is 21.1. The third-order valence-corrected chi connectivity index (χ3v) is 6.04. The van der Waals surface area contributed by atoms with Crippen LogP contribution < -0.4 is 0 Å². The summed E-state index contributed by atoms with van der Waals surface area (Å²) in [4.78, 5) is 12.7. The SMILES string of the molecule is c1ccc(-n2c3ccc(-c4ncncn4)cc3c3c4c(ccc32)oc2ccccc24)cc1. The first-order chi connectivity index (χ1) is 15.9. The van der Waals surface area contributed by atoms with Crippen molar-refractivity contribution in [1.82, 2.24) is 19.5 Å². The minimum Gasteiger partial charge on any atom is -0.456 e. The molecular formula is C27H16N4O. The Balaban J connectivity index is 1.70. The lowest BCUT2D eigenvalue weighted by Crippen LogP contribution is -1.93. The zero-order valence-corrected chi connectivity index (χ0v) is 16.9. The molecule has 0 atom stereocenters. The van der Waals surface area contributed by atoms with Crippen molar-refractivity contribution in [3.63, 3.8) is 0 Å². The number of nitrogens with zero attached hydrogens (tertiary/aromatic N) is 4. The molecule has 0 amide bonds. The van der Waals surface area contributed by atoms with Crippen LogP contribution in [0.4, 0.5) is 0 Å². The Kier molecular flexibility index (Phi) is 3.49. The number of hydrogen-bond acceptors (Lipinski definition) is 4. The lowest BCUT2D eigenvalue weighted by atomic mass is 10.0. The Hall–Kier alpha value is -4.51. The monoisotopic (exact) mass is 412 g/mol. The summed E-state index contributed by atoms with van der Waals surface area (Å²) in [5.41, 5.74) is 6.12. The molecule has 0 fully saturated rings. The molecule has 0 saturated heterocycles. The molecule has 0 aliphatic rings. The van der Waals surface area contributed by atoms with Crippen molar-refractivity contribution in [3.8, 4) is 17.1 Å². The van der Waals surface area contributed by atoms with Gasteiger partial charge in [-0.15, -0.1) is 0 Å². The maximum absolute atomic E-state index is 6.20. The van der Waals surface area contributed by atoms with Crippen molar-refractivity contribution in [2.24, 2.45) is 0 Å². The van der Waals surface area contributed by atoms with Gasteiger partial charge in [0, 0.05) is 32.8 Å². The van der Waals surface area contributed by atoms with Crippen LogP contribution in [0.5, 0.6) is 0 Å². The quantitative estimate of drug-likeness (QED) is 0.324. The molecule has 0 unspecified atom stereocenters. The molecule has 0 bridgehead atoms. The van der Waals surface area contributed by atoms with Gasteiger partial charge in [0.15, 0.2) is 5.82 Å². The van der Waals surface area contributed by atoms with E-state index in [-0.39, 0.29) is 0 Å². The highest BCUT2D eigenvalue weighted by molar-refractivity contribution is 6.27. The van der Waals surface area contributed by atoms with Crippen molar-refractivity contribution in [1.29, 1.82) is 0 Å². The van der Waals surface area contributed by atoms with Gasteiger partial charge in [-0.05, 0) is 48.5 Å². The molecule has 0 N–H and O–H groups in total. The third-order valence-electron chi connectivity index (χ3n) is 6.04. The fourth-order valence-corrected chi connectivity index (χ4v) is 4.71. The number of rotatable bonds is 2. The number of para-hydroxylation sites is 2. The number of fused-ring (bicyclic) bond motifs is 7. The Morgan fingerprint density at radius 2 is 1.41 bits per heavy atom. The molecule has 7 aromatic rings. The molecule has 0 spiro atoms. The summed E-state index contributed by atoms with van der Waals surface area (Å²) >= 11 is 0. The summed E-state index contributed by atoms with van der Waals surface area (Å²) in [5, 5.41) is 4.55. The summed E-state index contributed by atoms with van der Waals surface area (Å²) in [7, 11) is 0. The van der Waals surface area contributed by atoms with Gasteiger partial charge in [0.05, 0.1) is 11.0 Å². The number of hydrogen-bond donors (Lipinski definition) is 0. The van der Waals surface area contributed by atoms with Gasteiger partial charge in [-0.2, -0.15) is 0 Å². The molecule has 0 aliphatic carbocycles. The van der Waals surface area contributed by atoms with Crippen LogP contribution in [0.1, 0.15) is 0 Å². The van der Waals surface area contributed by atoms with Crippen LogP contribution in [-0.4, -0.2) is 19.5 Å². The fourth-order valence-electron chi connectivity index (χ4n) is 4.71. The van der Waals surface area contributed by atoms with Crippen LogP contribution in [0.2, 0.25) is 0 Å². The van der Waals surface area contributed by atoms with E-state index in [4.69, 9.17) is 4.42 Å². The molecular weight excluding hydrogens is 396 g/mol. The third kappa shape index (κ3) is 2.36. The fraction of sp³-hybridized carbons (Fsp3) is 0. The van der Waals surface area contributed by atoms with Gasteiger partial charge in [0.25, 0.3) is 0 Å². The molecule has 4 aromatic carbocycles. The highest BCUT2D eigenvalue weighted by Crippen LogP contribution is 2.41. The lowest BCUT2D eigenvalue weighted by Gasteiger charge is -2.07. The highest BCUT2D eigenvalue weighted by Gasteiger charge is 2.19. The average molecular weight is 412 g/mol. The number of benzene rings is 4. The van der Waals surface area contributed by atoms with E-state index in [0.717, 1.165) is 49.6 Å². The van der Waals surface area contributed by atoms with Gasteiger partial charge in [0.1, 0.15) is 23.8 Å². The normalized spacial score (nSPS) is 11.8. The van der Waals surface area contributed by atoms with Gasteiger partial charge in [-0.1, -0.05) is 36.4 Å². The minimum atomic E-state index is 0.659.